The number of carboxylic acids is 3. The Labute approximate surface area is 455 Å². The fourth-order valence-electron chi connectivity index (χ4n) is 8.61. The lowest BCUT2D eigenvalue weighted by Gasteiger charge is -2.32. The van der Waals surface area contributed by atoms with Gasteiger partial charge in [-0.3, -0.25) is 42.9 Å². The van der Waals surface area contributed by atoms with Gasteiger partial charge in [0.15, 0.2) is 0 Å². The standard InChI is InChI=1S/C56H67N9O14/c1-5-6-20-41(52(73)62-45(56(78)79)29-38-32-65(34(3)66)46-21-14-13-19-40(38)46)59-53(74)42(30-49(69)70)60-54(75)47(28-36-17-11-8-12-18-36)64(4)63-43(26-35-15-9-7-10-16-35)51(72)57-31-48(68)58-33(2)50(71)61-44(55(76)77)27-37-22-24-39(67)25-23-37/h7-19,21-25,32-33,41-45,47,63,67H,5-6,20,26-31H2,1-4H3,(H,57,72)(H,58,68)(H,59,74)(H,60,75)(H,61,71)(H,62,73)(H,69,70)(H,76,77)(H,78,79)/t33-,41+,42+,43+,44+,45+,47+/m1/s1. The Hall–Kier alpha value is -8.96. The summed E-state index contributed by atoms with van der Waals surface area (Å²) < 4.78 is 1.37. The number of benzene rings is 4. The number of nitrogens with zero attached hydrogens (tertiary/aromatic N) is 2. The van der Waals surface area contributed by atoms with Crippen LogP contribution in [0.2, 0.25) is 0 Å². The number of phenolic OH excluding ortho intramolecular Hbond substituents is 1. The number of carbonyl (C=O) groups excluding carboxylic acids is 7. The molecule has 0 aliphatic carbocycles. The number of fused-ring (bicyclic) bond motifs is 1. The highest BCUT2D eigenvalue weighted by molar-refractivity contribution is 5.97. The molecule has 0 aliphatic rings. The van der Waals surface area contributed by atoms with Crippen LogP contribution in [-0.4, -0.2) is 145 Å². The topological polar surface area (TPSA) is 344 Å². The fraction of sp³-hybridized carbons (Fsp3) is 0.357. The average Bonchev–Trinajstić information content (AvgIpc) is 3.96. The van der Waals surface area contributed by atoms with Gasteiger partial charge in [-0.2, -0.15) is 0 Å². The van der Waals surface area contributed by atoms with Crippen molar-refractivity contribution in [3.63, 3.8) is 0 Å². The third kappa shape index (κ3) is 18.6. The number of nitrogens with one attached hydrogen (secondary N) is 7. The molecule has 0 unspecified atom stereocenters. The van der Waals surface area contributed by atoms with E-state index in [0.717, 1.165) is 0 Å². The molecule has 79 heavy (non-hydrogen) atoms. The molecule has 6 amide bonds. The maximum absolute atomic E-state index is 14.5. The minimum Gasteiger partial charge on any atom is -0.508 e. The fourth-order valence-corrected chi connectivity index (χ4v) is 8.61. The van der Waals surface area contributed by atoms with Gasteiger partial charge in [0, 0.05) is 38.4 Å². The third-order valence-electron chi connectivity index (χ3n) is 12.8. The van der Waals surface area contributed by atoms with E-state index in [4.69, 9.17) is 0 Å². The van der Waals surface area contributed by atoms with Gasteiger partial charge in [0.05, 0.1) is 18.5 Å². The second kappa shape index (κ2) is 29.5. The molecule has 420 valence electrons. The van der Waals surface area contributed by atoms with Crippen molar-refractivity contribution in [1.82, 2.24) is 46.9 Å². The molecule has 0 saturated heterocycles. The van der Waals surface area contributed by atoms with Crippen LogP contribution in [0.5, 0.6) is 5.75 Å². The molecule has 0 fully saturated rings. The Morgan fingerprint density at radius 3 is 1.68 bits per heavy atom. The number of hydrogen-bond donors (Lipinski definition) is 11. The lowest BCUT2D eigenvalue weighted by molar-refractivity contribution is -0.143. The number of hydrogen-bond acceptors (Lipinski definition) is 13. The number of likely N-dealkylation sites (N-methyl/N-ethyl adjacent to an activating group) is 1. The number of amides is 6. The molecule has 23 heteroatoms. The minimum absolute atomic E-state index is 0.00443. The molecule has 4 aromatic carbocycles. The molecule has 23 nitrogen and oxygen atoms in total. The van der Waals surface area contributed by atoms with Gasteiger partial charge in [0.25, 0.3) is 0 Å². The summed E-state index contributed by atoms with van der Waals surface area (Å²) in [6.07, 6.45) is 1.11. The van der Waals surface area contributed by atoms with Crippen LogP contribution in [0, 0.1) is 0 Å². The van der Waals surface area contributed by atoms with Crippen molar-refractivity contribution in [3.8, 4) is 5.75 Å². The molecule has 1 heterocycles. The molecular formula is C56H67N9O14. The van der Waals surface area contributed by atoms with E-state index in [0.29, 0.717) is 46.0 Å². The summed E-state index contributed by atoms with van der Waals surface area (Å²) in [6.45, 7) is 3.87. The maximum atomic E-state index is 14.5. The lowest BCUT2D eigenvalue weighted by Crippen LogP contribution is -2.61. The molecule has 11 N–H and O–H groups in total. The zero-order valence-electron chi connectivity index (χ0n) is 44.1. The SMILES string of the molecule is CCCC[C@H](NC(=O)[C@H](CC(=O)O)NC(=O)[C@H](Cc1ccccc1)N(C)N[C@@H](Cc1ccccc1)C(=O)NCC(=O)N[C@H](C)C(=O)N[C@@H](Cc1ccc(O)cc1)C(=O)O)C(=O)N[C@@H](Cc1cn(C(C)=O)c2ccccc12)C(=O)O. The van der Waals surface area contributed by atoms with E-state index in [2.05, 4.69) is 37.3 Å². The van der Waals surface area contributed by atoms with Gasteiger partial charge >= 0.3 is 17.9 Å². The largest absolute Gasteiger partial charge is 0.508 e. The summed E-state index contributed by atoms with van der Waals surface area (Å²) in [7, 11) is 1.45. The Morgan fingerprint density at radius 2 is 1.09 bits per heavy atom. The van der Waals surface area contributed by atoms with Gasteiger partial charge in [-0.1, -0.05) is 111 Å². The summed E-state index contributed by atoms with van der Waals surface area (Å²) in [5.74, 6) is -9.72. The zero-order chi connectivity index (χ0) is 57.8. The summed E-state index contributed by atoms with van der Waals surface area (Å²) >= 11 is 0. The van der Waals surface area contributed by atoms with Crippen molar-refractivity contribution in [2.24, 2.45) is 0 Å². The monoisotopic (exact) mass is 1090 g/mol. The van der Waals surface area contributed by atoms with Crippen LogP contribution in [-0.2, 0) is 68.8 Å². The second-order valence-corrected chi connectivity index (χ2v) is 19.0. The molecule has 0 spiro atoms. The summed E-state index contributed by atoms with van der Waals surface area (Å²) in [5, 5.41) is 56.4. The highest BCUT2D eigenvalue weighted by atomic mass is 16.4. The van der Waals surface area contributed by atoms with E-state index in [-0.39, 0.29) is 43.8 Å². The van der Waals surface area contributed by atoms with Crippen LogP contribution < -0.4 is 37.3 Å². The molecule has 1 aromatic heterocycles. The predicted molar refractivity (Wildman–Crippen MR) is 288 cm³/mol. The van der Waals surface area contributed by atoms with Crippen molar-refractivity contribution in [2.75, 3.05) is 13.6 Å². The minimum atomic E-state index is -1.78. The Balaban J connectivity index is 1.31. The van der Waals surface area contributed by atoms with E-state index in [9.17, 15) is 68.4 Å². The molecule has 5 rings (SSSR count). The first-order valence-electron chi connectivity index (χ1n) is 25.5. The number of aromatic hydroxyl groups is 1. The number of unbranched alkanes of at least 4 members (excludes halogenated alkanes) is 1. The molecule has 0 bridgehead atoms. The van der Waals surface area contributed by atoms with Gasteiger partial charge in [-0.15, -0.1) is 0 Å². The third-order valence-corrected chi connectivity index (χ3v) is 12.8. The van der Waals surface area contributed by atoms with Gasteiger partial charge in [0.1, 0.15) is 48.0 Å². The molecule has 7 atom stereocenters. The highest BCUT2D eigenvalue weighted by Crippen LogP contribution is 2.23. The van der Waals surface area contributed by atoms with Crippen LogP contribution in [0.1, 0.15) is 73.5 Å². The van der Waals surface area contributed by atoms with Crippen LogP contribution in [0.3, 0.4) is 0 Å². The maximum Gasteiger partial charge on any atom is 0.326 e. The van der Waals surface area contributed by atoms with Gasteiger partial charge in [-0.05, 0) is 66.6 Å². The van der Waals surface area contributed by atoms with Gasteiger partial charge in [0.2, 0.25) is 41.4 Å². The van der Waals surface area contributed by atoms with E-state index >= 15 is 0 Å². The van der Waals surface area contributed by atoms with E-state index in [1.807, 2.05) is 6.92 Å². The number of aromatic nitrogens is 1. The summed E-state index contributed by atoms with van der Waals surface area (Å²) in [5.41, 5.74) is 5.85. The first-order valence-corrected chi connectivity index (χ1v) is 25.5. The molecular weight excluding hydrogens is 1020 g/mol. The number of para-hydroxylation sites is 1. The number of carbonyl (C=O) groups is 10. The van der Waals surface area contributed by atoms with Crippen molar-refractivity contribution < 1.29 is 68.4 Å². The van der Waals surface area contributed by atoms with Crippen molar-refractivity contribution in [1.29, 1.82) is 0 Å². The number of aliphatic carboxylic acids is 3. The van der Waals surface area contributed by atoms with E-state index in [1.54, 1.807) is 84.9 Å². The zero-order valence-corrected chi connectivity index (χ0v) is 44.1. The average molecular weight is 1090 g/mol. The molecule has 0 radical (unpaired) electrons. The second-order valence-electron chi connectivity index (χ2n) is 19.0. The van der Waals surface area contributed by atoms with Crippen LogP contribution in [0.4, 0.5) is 0 Å². The molecule has 0 aliphatic heterocycles. The predicted octanol–water partition coefficient (Wildman–Crippen LogP) is 1.85. The van der Waals surface area contributed by atoms with Gasteiger partial charge in [-0.25, -0.2) is 20.0 Å². The summed E-state index contributed by atoms with van der Waals surface area (Å²) in [6, 6.07) is 20.2. The van der Waals surface area contributed by atoms with Crippen molar-refractivity contribution in [2.45, 2.75) is 114 Å². The van der Waals surface area contributed by atoms with E-state index < -0.39 is 109 Å². The highest BCUT2D eigenvalue weighted by Gasteiger charge is 2.35. The summed E-state index contributed by atoms with van der Waals surface area (Å²) in [4.78, 5) is 132. The van der Waals surface area contributed by atoms with Crippen molar-refractivity contribution in [3.05, 3.63) is 138 Å². The molecule has 5 aromatic rings. The van der Waals surface area contributed by atoms with Crippen LogP contribution in [0.15, 0.2) is 115 Å². The normalized spacial score (nSPS) is 13.8. The van der Waals surface area contributed by atoms with Crippen LogP contribution >= 0.6 is 0 Å². The first-order chi connectivity index (χ1) is 37.6. The number of hydrazine groups is 1. The Kier molecular flexibility index (Phi) is 22.8. The number of rotatable bonds is 30. The Morgan fingerprint density at radius 1 is 0.570 bits per heavy atom. The Bertz CT molecular complexity index is 2950. The van der Waals surface area contributed by atoms with Crippen molar-refractivity contribution >= 4 is 70.2 Å². The smallest absolute Gasteiger partial charge is 0.326 e. The number of carboxylic acid groups (broad SMARTS) is 3. The lowest BCUT2D eigenvalue weighted by atomic mass is 10.0. The first kappa shape index (κ1) is 60.9. The quantitative estimate of drug-likeness (QED) is 0.0292. The number of phenols is 1. The van der Waals surface area contributed by atoms with Crippen LogP contribution in [0.25, 0.3) is 10.9 Å². The van der Waals surface area contributed by atoms with E-state index in [1.165, 1.54) is 60.9 Å². The van der Waals surface area contributed by atoms with Gasteiger partial charge < -0.3 is 52.3 Å². The molecule has 0 saturated carbocycles.